The maximum absolute atomic E-state index is 11.8. The molecule has 1 rings (SSSR count). The third-order valence-corrected chi connectivity index (χ3v) is 9.78. The highest BCUT2D eigenvalue weighted by Gasteiger charge is 2.43. The zero-order chi connectivity index (χ0) is 19.4. The summed E-state index contributed by atoms with van der Waals surface area (Å²) in [6, 6.07) is 6.30. The number of rotatable bonds is 8. The minimum Gasteiger partial charge on any atom is -0.407 e. The molecule has 1 aromatic carbocycles. The Bertz CT molecular complexity index is 628. The minimum absolute atomic E-state index is 0.0565. The van der Waals surface area contributed by atoms with E-state index in [1.54, 1.807) is 19.1 Å². The van der Waals surface area contributed by atoms with Crippen molar-refractivity contribution in [2.45, 2.75) is 70.8 Å². The highest BCUT2D eigenvalue weighted by atomic mass is 32.1. The van der Waals surface area contributed by atoms with Gasteiger partial charge >= 0.3 is 0 Å². The average Bonchev–Trinajstić information content (AvgIpc) is 2.46. The number of hydrogen-bond donors (Lipinski definition) is 1. The number of benzene rings is 1. The van der Waals surface area contributed by atoms with Crippen LogP contribution in [0.2, 0.25) is 18.1 Å². The van der Waals surface area contributed by atoms with E-state index in [4.69, 9.17) is 4.43 Å². The van der Waals surface area contributed by atoms with Gasteiger partial charge in [0.1, 0.15) is 6.10 Å². The van der Waals surface area contributed by atoms with Gasteiger partial charge in [-0.2, -0.15) is 0 Å². The van der Waals surface area contributed by atoms with Gasteiger partial charge in [0.25, 0.3) is 0 Å². The van der Waals surface area contributed by atoms with E-state index in [2.05, 4.69) is 46.5 Å². The number of nitrogens with zero attached hydrogens (tertiary/aromatic N) is 1. The number of carbonyl (C=O) groups excluding carboxylic acids is 1. The van der Waals surface area contributed by atoms with Gasteiger partial charge in [-0.15, -0.1) is 12.6 Å². The molecule has 0 saturated carbocycles. The molecule has 1 aromatic rings. The summed E-state index contributed by atoms with van der Waals surface area (Å²) in [5, 5.41) is 11.2. The maximum atomic E-state index is 11.8. The lowest BCUT2D eigenvalue weighted by molar-refractivity contribution is -0.533. The van der Waals surface area contributed by atoms with Crippen LogP contribution >= 0.6 is 12.6 Å². The number of carbonyl (C=O) groups is 1. The van der Waals surface area contributed by atoms with E-state index in [1.165, 1.54) is 0 Å². The molecule has 5 nitrogen and oxygen atoms in total. The van der Waals surface area contributed by atoms with E-state index in [0.717, 1.165) is 5.56 Å². The lowest BCUT2D eigenvalue weighted by Gasteiger charge is -2.39. The SMILES string of the molecule is CCC(C(Cc1ccccc1C(=O)S)O[Si](C)(C)C(C)(C)C)[N+](=O)[O-]. The van der Waals surface area contributed by atoms with Crippen LogP contribution in [0.25, 0.3) is 0 Å². The van der Waals surface area contributed by atoms with Gasteiger partial charge in [0.05, 0.1) is 0 Å². The lowest BCUT2D eigenvalue weighted by Crippen LogP contribution is -2.49. The van der Waals surface area contributed by atoms with Crippen LogP contribution in [0.15, 0.2) is 24.3 Å². The van der Waals surface area contributed by atoms with Crippen LogP contribution in [-0.4, -0.2) is 30.5 Å². The molecule has 2 atom stereocenters. The van der Waals surface area contributed by atoms with Crippen molar-refractivity contribution in [3.05, 3.63) is 45.5 Å². The third-order valence-electron chi connectivity index (χ3n) is 5.04. The lowest BCUT2D eigenvalue weighted by atomic mass is 9.97. The van der Waals surface area contributed by atoms with E-state index in [9.17, 15) is 14.9 Å². The van der Waals surface area contributed by atoms with Gasteiger partial charge < -0.3 is 4.43 Å². The molecule has 0 heterocycles. The Hall–Kier alpha value is -1.18. The highest BCUT2D eigenvalue weighted by Crippen LogP contribution is 2.38. The molecule has 0 amide bonds. The van der Waals surface area contributed by atoms with Crippen molar-refractivity contribution in [1.29, 1.82) is 0 Å². The van der Waals surface area contributed by atoms with Gasteiger partial charge in [0, 0.05) is 23.3 Å². The predicted molar refractivity (Wildman–Crippen MR) is 107 cm³/mol. The van der Waals surface area contributed by atoms with Crippen LogP contribution in [-0.2, 0) is 10.8 Å². The summed E-state index contributed by atoms with van der Waals surface area (Å²) in [5.41, 5.74) is 1.22. The molecule has 0 aromatic heterocycles. The summed E-state index contributed by atoms with van der Waals surface area (Å²) in [6.45, 7) is 12.3. The first-order valence-electron chi connectivity index (χ1n) is 8.53. The second-order valence-corrected chi connectivity index (χ2v) is 13.0. The van der Waals surface area contributed by atoms with Crippen molar-refractivity contribution < 1.29 is 14.1 Å². The second kappa shape index (κ2) is 8.47. The maximum Gasteiger partial charge on any atom is 0.237 e. The van der Waals surface area contributed by atoms with Gasteiger partial charge in [-0.05, 0) is 23.7 Å². The van der Waals surface area contributed by atoms with Crippen LogP contribution in [0.3, 0.4) is 0 Å². The van der Waals surface area contributed by atoms with E-state index < -0.39 is 20.5 Å². The van der Waals surface area contributed by atoms with Crippen LogP contribution in [0.5, 0.6) is 0 Å². The molecule has 7 heteroatoms. The van der Waals surface area contributed by atoms with Crippen molar-refractivity contribution in [2.75, 3.05) is 0 Å². The Morgan fingerprint density at radius 2 is 1.88 bits per heavy atom. The molecule has 0 bridgehead atoms. The minimum atomic E-state index is -2.20. The Kier molecular flexibility index (Phi) is 7.40. The van der Waals surface area contributed by atoms with Gasteiger partial charge in [-0.3, -0.25) is 14.9 Å². The van der Waals surface area contributed by atoms with Crippen molar-refractivity contribution in [1.82, 2.24) is 0 Å². The molecular formula is C18H29NO4SSi. The number of hydrogen-bond acceptors (Lipinski definition) is 4. The predicted octanol–water partition coefficient (Wildman–Crippen LogP) is 4.74. The van der Waals surface area contributed by atoms with Crippen molar-refractivity contribution in [2.24, 2.45) is 0 Å². The van der Waals surface area contributed by atoms with E-state index in [1.807, 2.05) is 12.1 Å². The summed E-state index contributed by atoms with van der Waals surface area (Å²) in [5.74, 6) is 0. The first-order valence-corrected chi connectivity index (χ1v) is 11.9. The largest absolute Gasteiger partial charge is 0.407 e. The number of nitro groups is 1. The van der Waals surface area contributed by atoms with Crippen LogP contribution < -0.4 is 0 Å². The fourth-order valence-electron chi connectivity index (χ4n) is 2.48. The fraction of sp³-hybridized carbons (Fsp3) is 0.611. The quantitative estimate of drug-likeness (QED) is 0.304. The van der Waals surface area contributed by atoms with Gasteiger partial charge in [0.15, 0.2) is 8.32 Å². The zero-order valence-corrected chi connectivity index (χ0v) is 17.8. The summed E-state index contributed by atoms with van der Waals surface area (Å²) < 4.78 is 6.42. The highest BCUT2D eigenvalue weighted by molar-refractivity contribution is 7.97. The standard InChI is InChI=1S/C18H29NO4SSi/c1-7-15(19(21)22)16(23-25(5,6)18(2,3)4)12-13-10-8-9-11-14(13)17(20)24/h8-11,15-16H,7,12H2,1-6H3,(H,20,24). The summed E-state index contributed by atoms with van der Waals surface area (Å²) in [4.78, 5) is 23.1. The Morgan fingerprint density at radius 3 is 2.32 bits per heavy atom. The van der Waals surface area contributed by atoms with Crippen molar-refractivity contribution in [3.63, 3.8) is 0 Å². The normalized spacial score (nSPS) is 14.8. The summed E-state index contributed by atoms with van der Waals surface area (Å²) in [7, 11) is -2.20. The molecule has 0 radical (unpaired) electrons. The Balaban J connectivity index is 3.25. The molecule has 0 aliphatic rings. The van der Waals surface area contributed by atoms with Crippen molar-refractivity contribution >= 4 is 26.1 Å². The molecule has 0 spiro atoms. The first kappa shape index (κ1) is 21.9. The van der Waals surface area contributed by atoms with E-state index in [0.29, 0.717) is 18.4 Å². The molecule has 0 fully saturated rings. The topological polar surface area (TPSA) is 69.4 Å². The van der Waals surface area contributed by atoms with Gasteiger partial charge in [-0.25, -0.2) is 0 Å². The first-order chi connectivity index (χ1) is 11.4. The van der Waals surface area contributed by atoms with Gasteiger partial charge in [-0.1, -0.05) is 52.0 Å². The molecule has 140 valence electrons. The smallest absolute Gasteiger partial charge is 0.237 e. The van der Waals surface area contributed by atoms with E-state index >= 15 is 0 Å². The average molecular weight is 384 g/mol. The van der Waals surface area contributed by atoms with Gasteiger partial charge in [0.2, 0.25) is 11.2 Å². The molecule has 2 unspecified atom stereocenters. The monoisotopic (exact) mass is 383 g/mol. The van der Waals surface area contributed by atoms with Crippen molar-refractivity contribution in [3.8, 4) is 0 Å². The Morgan fingerprint density at radius 1 is 1.32 bits per heavy atom. The molecule has 0 saturated heterocycles. The molecule has 0 N–H and O–H groups in total. The van der Waals surface area contributed by atoms with Crippen LogP contribution in [0, 0.1) is 10.1 Å². The summed E-state index contributed by atoms with van der Waals surface area (Å²) >= 11 is 3.92. The third kappa shape index (κ3) is 5.65. The second-order valence-electron chi connectivity index (χ2n) is 7.84. The van der Waals surface area contributed by atoms with Crippen LogP contribution in [0.4, 0.5) is 0 Å². The molecule has 25 heavy (non-hydrogen) atoms. The van der Waals surface area contributed by atoms with E-state index in [-0.39, 0.29) is 15.1 Å². The zero-order valence-electron chi connectivity index (χ0n) is 15.9. The molecular weight excluding hydrogens is 354 g/mol. The fourth-order valence-corrected chi connectivity index (χ4v) is 4.05. The molecule has 0 aliphatic carbocycles. The van der Waals surface area contributed by atoms with Crippen LogP contribution in [0.1, 0.15) is 50.0 Å². The Labute approximate surface area is 156 Å². The number of thiol groups is 1. The molecule has 0 aliphatic heterocycles. The summed E-state index contributed by atoms with van der Waals surface area (Å²) in [6.07, 6.45) is 0.132.